The van der Waals surface area contributed by atoms with Gasteiger partial charge in [0.25, 0.3) is 30.4 Å². The van der Waals surface area contributed by atoms with Crippen molar-refractivity contribution in [3.05, 3.63) is 17.2 Å². The van der Waals surface area contributed by atoms with Crippen molar-refractivity contribution in [3.63, 3.8) is 0 Å². The largest absolute Gasteiger partial charge is 0.493 e. The summed E-state index contributed by atoms with van der Waals surface area (Å²) >= 11 is 0. The third-order valence-corrected chi connectivity index (χ3v) is 6.87. The lowest BCUT2D eigenvalue weighted by Gasteiger charge is -2.21. The van der Waals surface area contributed by atoms with Crippen molar-refractivity contribution in [2.45, 2.75) is 32.6 Å². The normalized spacial score (nSPS) is 12.2. The van der Waals surface area contributed by atoms with Gasteiger partial charge in [0.15, 0.2) is 0 Å². The second-order valence-electron chi connectivity index (χ2n) is 7.36. The van der Waals surface area contributed by atoms with Gasteiger partial charge < -0.3 is 18.9 Å². The summed E-state index contributed by atoms with van der Waals surface area (Å²) in [5, 5.41) is 0. The molecule has 0 amide bonds. The fourth-order valence-corrected chi connectivity index (χ4v) is 4.40. The Morgan fingerprint density at radius 2 is 1.17 bits per heavy atom. The van der Waals surface area contributed by atoms with Crippen LogP contribution in [0.15, 0.2) is 6.07 Å². The van der Waals surface area contributed by atoms with Crippen molar-refractivity contribution in [2.75, 3.05) is 44.2 Å². The zero-order valence-corrected chi connectivity index (χ0v) is 22.2. The molecule has 1 aromatic rings. The van der Waals surface area contributed by atoms with Crippen LogP contribution in [-0.4, -0.2) is 89.1 Å². The zero-order valence-electron chi connectivity index (χ0n) is 19.7. The molecule has 0 aromatic heterocycles. The predicted molar refractivity (Wildman–Crippen MR) is 127 cm³/mol. The Hall–Kier alpha value is -2.18. The average molecular weight is 579 g/mol. The number of rotatable bonds is 17. The second kappa shape index (κ2) is 13.9. The summed E-state index contributed by atoms with van der Waals surface area (Å²) < 4.78 is 114. The number of ether oxygens (including phenoxy) is 4. The molecule has 14 nitrogen and oxygen atoms in total. The lowest BCUT2D eigenvalue weighted by atomic mass is 10.0. The van der Waals surface area contributed by atoms with E-state index in [4.69, 9.17) is 32.6 Å². The van der Waals surface area contributed by atoms with Gasteiger partial charge in [-0.3, -0.25) is 13.7 Å². The third kappa shape index (κ3) is 12.2. The van der Waals surface area contributed by atoms with Gasteiger partial charge in [0.05, 0.1) is 44.2 Å². The highest BCUT2D eigenvalue weighted by molar-refractivity contribution is 7.86. The number of methoxy groups -OCH3 is 1. The molecule has 0 aliphatic heterocycles. The van der Waals surface area contributed by atoms with E-state index in [9.17, 15) is 30.0 Å². The molecule has 0 saturated carbocycles. The highest BCUT2D eigenvalue weighted by Gasteiger charge is 2.27. The van der Waals surface area contributed by atoms with E-state index in [0.29, 0.717) is 5.56 Å². The van der Waals surface area contributed by atoms with Crippen LogP contribution in [0.3, 0.4) is 0 Å². The van der Waals surface area contributed by atoms with E-state index in [2.05, 4.69) is 0 Å². The minimum atomic E-state index is -4.26. The topological polar surface area (TPSA) is 217 Å². The van der Waals surface area contributed by atoms with Crippen molar-refractivity contribution >= 4 is 36.3 Å². The second-order valence-corrected chi connectivity index (χ2v) is 12.1. The first-order chi connectivity index (χ1) is 16.6. The first-order valence-corrected chi connectivity index (χ1v) is 15.4. The van der Waals surface area contributed by atoms with Gasteiger partial charge >= 0.3 is 5.97 Å². The molecular weight excluding hydrogens is 548 g/mol. The fraction of sp³-hybridized carbons (Fsp3) is 0.632. The highest BCUT2D eigenvalue weighted by Crippen LogP contribution is 2.40. The molecule has 0 aliphatic carbocycles. The summed E-state index contributed by atoms with van der Waals surface area (Å²) in [5.41, 5.74) is 0.137. The van der Waals surface area contributed by atoms with Gasteiger partial charge in [0.2, 0.25) is 0 Å². The number of esters is 1. The van der Waals surface area contributed by atoms with Crippen molar-refractivity contribution < 1.29 is 62.7 Å². The predicted octanol–water partition coefficient (Wildman–Crippen LogP) is 1.01. The van der Waals surface area contributed by atoms with E-state index in [-0.39, 0.29) is 68.3 Å². The molecule has 0 bridgehead atoms. The van der Waals surface area contributed by atoms with E-state index < -0.39 is 53.6 Å². The fourth-order valence-electron chi connectivity index (χ4n) is 2.95. The molecule has 0 aliphatic rings. The van der Waals surface area contributed by atoms with Gasteiger partial charge in [-0.05, 0) is 25.7 Å². The summed E-state index contributed by atoms with van der Waals surface area (Å²) in [4.78, 5) is 12.6. The molecule has 0 saturated heterocycles. The van der Waals surface area contributed by atoms with Crippen molar-refractivity contribution in [3.8, 4) is 17.2 Å². The van der Waals surface area contributed by atoms with Crippen LogP contribution in [0.1, 0.15) is 42.1 Å². The Morgan fingerprint density at radius 1 is 0.750 bits per heavy atom. The first-order valence-electron chi connectivity index (χ1n) is 10.6. The van der Waals surface area contributed by atoms with E-state index in [1.165, 1.54) is 6.07 Å². The molecule has 0 unspecified atom stereocenters. The Labute approximate surface area is 210 Å². The molecule has 0 heterocycles. The van der Waals surface area contributed by atoms with Crippen molar-refractivity contribution in [1.82, 2.24) is 0 Å². The number of carbonyl (C=O) groups excluding carboxylic acids is 1. The Kier molecular flexibility index (Phi) is 12.3. The summed E-state index contributed by atoms with van der Waals surface area (Å²) in [5.74, 6) is -2.75. The first kappa shape index (κ1) is 31.8. The maximum atomic E-state index is 12.6. The van der Waals surface area contributed by atoms with Crippen LogP contribution < -0.4 is 14.2 Å². The molecule has 36 heavy (non-hydrogen) atoms. The standard InChI is InChI=1S/C19H30O14S3/c1-3-14-15(31-7-4-10-34(21,22)23)13-16(32-8-5-11-35(24,25)26)17(19(20)30-2)18(14)33-9-6-12-36(27,28)29/h13H,3-12H2,1-2H3,(H,21,22,23)(H,24,25,26)(H,27,28,29). The van der Waals surface area contributed by atoms with Gasteiger partial charge in [-0.25, -0.2) is 4.79 Å². The molecular formula is C19H30O14S3. The van der Waals surface area contributed by atoms with Crippen molar-refractivity contribution in [1.29, 1.82) is 0 Å². The maximum absolute atomic E-state index is 12.6. The maximum Gasteiger partial charge on any atom is 0.345 e. The molecule has 1 aromatic carbocycles. The van der Waals surface area contributed by atoms with Gasteiger partial charge in [0, 0.05) is 11.6 Å². The Bertz CT molecular complexity index is 1200. The van der Waals surface area contributed by atoms with Crippen LogP contribution in [0.2, 0.25) is 0 Å². The summed E-state index contributed by atoms with van der Waals surface area (Å²) in [6.45, 7) is 1.04. The molecule has 0 fully saturated rings. The lowest BCUT2D eigenvalue weighted by molar-refractivity contribution is 0.0590. The van der Waals surface area contributed by atoms with Crippen LogP contribution >= 0.6 is 0 Å². The molecule has 1 rings (SSSR count). The summed E-state index contributed by atoms with van der Waals surface area (Å²) in [7, 11) is -11.6. The van der Waals surface area contributed by atoms with Crippen LogP contribution in [0, 0.1) is 0 Å². The minimum absolute atomic E-state index is 0.0725. The monoisotopic (exact) mass is 578 g/mol. The minimum Gasteiger partial charge on any atom is -0.493 e. The number of hydrogen-bond acceptors (Lipinski definition) is 11. The number of benzene rings is 1. The number of carbonyl (C=O) groups is 1. The van der Waals surface area contributed by atoms with E-state index in [0.717, 1.165) is 7.11 Å². The van der Waals surface area contributed by atoms with E-state index >= 15 is 0 Å². The average Bonchev–Trinajstić information content (AvgIpc) is 2.74. The van der Waals surface area contributed by atoms with E-state index in [1.807, 2.05) is 0 Å². The van der Waals surface area contributed by atoms with Crippen LogP contribution in [-0.2, 0) is 41.5 Å². The van der Waals surface area contributed by atoms with Crippen LogP contribution in [0.5, 0.6) is 17.2 Å². The van der Waals surface area contributed by atoms with Crippen LogP contribution in [0.25, 0.3) is 0 Å². The summed E-state index contributed by atoms with van der Waals surface area (Å²) in [6, 6.07) is 1.30. The Balaban J connectivity index is 3.38. The number of hydrogen-bond donors (Lipinski definition) is 3. The van der Waals surface area contributed by atoms with Crippen LogP contribution in [0.4, 0.5) is 0 Å². The van der Waals surface area contributed by atoms with Gasteiger partial charge in [-0.15, -0.1) is 0 Å². The van der Waals surface area contributed by atoms with Gasteiger partial charge in [0.1, 0.15) is 22.8 Å². The summed E-state index contributed by atoms with van der Waals surface area (Å²) in [6.07, 6.45) is -0.110. The SMILES string of the molecule is CCc1c(OCCCS(=O)(=O)O)cc(OCCCS(=O)(=O)O)c(C(=O)OC)c1OCCCS(=O)(=O)O. The van der Waals surface area contributed by atoms with Crippen molar-refractivity contribution in [2.24, 2.45) is 0 Å². The third-order valence-electron chi connectivity index (χ3n) is 4.45. The lowest BCUT2D eigenvalue weighted by Crippen LogP contribution is -2.16. The highest BCUT2D eigenvalue weighted by atomic mass is 32.2. The molecule has 0 atom stereocenters. The molecule has 17 heteroatoms. The van der Waals surface area contributed by atoms with Gasteiger partial charge in [-0.2, -0.15) is 25.3 Å². The smallest absolute Gasteiger partial charge is 0.345 e. The molecule has 208 valence electrons. The zero-order chi connectivity index (χ0) is 27.6. The van der Waals surface area contributed by atoms with E-state index in [1.54, 1.807) is 6.92 Å². The molecule has 0 radical (unpaired) electrons. The molecule has 3 N–H and O–H groups in total. The molecule has 0 spiro atoms. The quantitative estimate of drug-likeness (QED) is 0.133. The Morgan fingerprint density at radius 3 is 1.56 bits per heavy atom. The van der Waals surface area contributed by atoms with Gasteiger partial charge in [-0.1, -0.05) is 6.92 Å².